The summed E-state index contributed by atoms with van der Waals surface area (Å²) in [6.07, 6.45) is 1.29. The van der Waals surface area contributed by atoms with Crippen LogP contribution in [0.4, 0.5) is 4.79 Å². The predicted molar refractivity (Wildman–Crippen MR) is 72.5 cm³/mol. The standard InChI is InChI=1S/C13H25N3O3/c1-10(2)7-11(9-14)8-12(17)19-6-5-16-4-3-15-13(16)18/h10-11H,3-9,14H2,1-2H3,(H,15,18)/t11-/m0/s1. The Hall–Kier alpha value is -1.30. The molecule has 1 fully saturated rings. The van der Waals surface area contributed by atoms with Crippen LogP contribution in [0.1, 0.15) is 26.7 Å². The van der Waals surface area contributed by atoms with Crippen LogP contribution in [0.5, 0.6) is 0 Å². The molecule has 0 aromatic heterocycles. The van der Waals surface area contributed by atoms with Gasteiger partial charge < -0.3 is 20.7 Å². The molecule has 0 spiro atoms. The Kier molecular flexibility index (Phi) is 6.62. The molecular weight excluding hydrogens is 246 g/mol. The Labute approximate surface area is 114 Å². The first kappa shape index (κ1) is 15.8. The van der Waals surface area contributed by atoms with Crippen molar-refractivity contribution < 1.29 is 14.3 Å². The smallest absolute Gasteiger partial charge is 0.317 e. The molecule has 0 aromatic rings. The number of carbonyl (C=O) groups is 2. The van der Waals surface area contributed by atoms with E-state index < -0.39 is 0 Å². The van der Waals surface area contributed by atoms with Crippen LogP contribution in [-0.4, -0.2) is 49.7 Å². The fraction of sp³-hybridized carbons (Fsp3) is 0.846. The van der Waals surface area contributed by atoms with Crippen molar-refractivity contribution in [2.75, 3.05) is 32.8 Å². The lowest BCUT2D eigenvalue weighted by atomic mass is 9.94. The molecule has 1 saturated heterocycles. The van der Waals surface area contributed by atoms with Crippen molar-refractivity contribution in [3.8, 4) is 0 Å². The third kappa shape index (κ3) is 5.92. The van der Waals surface area contributed by atoms with Crippen LogP contribution in [0.25, 0.3) is 0 Å². The zero-order valence-corrected chi connectivity index (χ0v) is 11.9. The number of amides is 2. The first-order valence-electron chi connectivity index (χ1n) is 6.91. The number of nitrogens with two attached hydrogens (primary N) is 1. The van der Waals surface area contributed by atoms with Crippen molar-refractivity contribution >= 4 is 12.0 Å². The molecule has 1 atom stereocenters. The molecule has 6 heteroatoms. The van der Waals surface area contributed by atoms with Crippen molar-refractivity contribution in [1.82, 2.24) is 10.2 Å². The molecule has 2 amide bonds. The van der Waals surface area contributed by atoms with Crippen LogP contribution in [0, 0.1) is 11.8 Å². The molecule has 1 heterocycles. The maximum Gasteiger partial charge on any atom is 0.317 e. The first-order chi connectivity index (χ1) is 9.02. The van der Waals surface area contributed by atoms with Crippen LogP contribution >= 0.6 is 0 Å². The zero-order valence-electron chi connectivity index (χ0n) is 11.9. The molecule has 6 nitrogen and oxygen atoms in total. The van der Waals surface area contributed by atoms with Gasteiger partial charge in [0.1, 0.15) is 6.61 Å². The van der Waals surface area contributed by atoms with Gasteiger partial charge in [0.25, 0.3) is 0 Å². The highest BCUT2D eigenvalue weighted by Gasteiger charge is 2.20. The van der Waals surface area contributed by atoms with Crippen molar-refractivity contribution in [2.45, 2.75) is 26.7 Å². The van der Waals surface area contributed by atoms with E-state index in [4.69, 9.17) is 10.5 Å². The highest BCUT2D eigenvalue weighted by molar-refractivity contribution is 5.76. The summed E-state index contributed by atoms with van der Waals surface area (Å²) in [6.45, 7) is 6.77. The van der Waals surface area contributed by atoms with Crippen LogP contribution < -0.4 is 11.1 Å². The topological polar surface area (TPSA) is 84.7 Å². The van der Waals surface area contributed by atoms with Gasteiger partial charge in [-0.3, -0.25) is 4.79 Å². The van der Waals surface area contributed by atoms with E-state index in [1.54, 1.807) is 4.90 Å². The second-order valence-electron chi connectivity index (χ2n) is 5.37. The van der Waals surface area contributed by atoms with Crippen molar-refractivity contribution in [1.29, 1.82) is 0 Å². The molecule has 0 unspecified atom stereocenters. The number of esters is 1. The predicted octanol–water partition coefficient (Wildman–Crippen LogP) is 0.566. The lowest BCUT2D eigenvalue weighted by Crippen LogP contribution is -2.32. The summed E-state index contributed by atoms with van der Waals surface area (Å²) in [5.41, 5.74) is 5.65. The number of hydrogen-bond donors (Lipinski definition) is 2. The van der Waals surface area contributed by atoms with Gasteiger partial charge in [-0.05, 0) is 24.8 Å². The number of rotatable bonds is 8. The molecular formula is C13H25N3O3. The number of urea groups is 1. The van der Waals surface area contributed by atoms with Gasteiger partial charge in [-0.25, -0.2) is 4.79 Å². The van der Waals surface area contributed by atoms with Gasteiger partial charge in [-0.15, -0.1) is 0 Å². The second-order valence-corrected chi connectivity index (χ2v) is 5.37. The van der Waals surface area contributed by atoms with Crippen molar-refractivity contribution in [2.24, 2.45) is 17.6 Å². The summed E-state index contributed by atoms with van der Waals surface area (Å²) in [7, 11) is 0. The lowest BCUT2D eigenvalue weighted by molar-refractivity contribution is -0.145. The SMILES string of the molecule is CC(C)C[C@H](CN)CC(=O)OCCN1CCNC1=O. The van der Waals surface area contributed by atoms with Gasteiger partial charge >= 0.3 is 12.0 Å². The Balaban J connectivity index is 2.17. The molecule has 1 rings (SSSR count). The van der Waals surface area contributed by atoms with Crippen molar-refractivity contribution in [3.63, 3.8) is 0 Å². The number of nitrogens with zero attached hydrogens (tertiary/aromatic N) is 1. The van der Waals surface area contributed by atoms with Crippen molar-refractivity contribution in [3.05, 3.63) is 0 Å². The number of nitrogens with one attached hydrogen (secondary N) is 1. The first-order valence-corrected chi connectivity index (χ1v) is 6.91. The highest BCUT2D eigenvalue weighted by Crippen LogP contribution is 2.14. The number of ether oxygens (including phenoxy) is 1. The van der Waals surface area contributed by atoms with E-state index in [1.165, 1.54) is 0 Å². The largest absolute Gasteiger partial charge is 0.464 e. The van der Waals surface area contributed by atoms with Gasteiger partial charge in [0.15, 0.2) is 0 Å². The minimum Gasteiger partial charge on any atom is -0.464 e. The Bertz CT molecular complexity index is 308. The number of hydrogen-bond acceptors (Lipinski definition) is 4. The molecule has 110 valence electrons. The summed E-state index contributed by atoms with van der Waals surface area (Å²) in [4.78, 5) is 24.5. The summed E-state index contributed by atoms with van der Waals surface area (Å²) < 4.78 is 5.15. The number of carbonyl (C=O) groups excluding carboxylic acids is 2. The minimum absolute atomic E-state index is 0.0873. The lowest BCUT2D eigenvalue weighted by Gasteiger charge is -2.17. The van der Waals surface area contributed by atoms with E-state index in [2.05, 4.69) is 19.2 Å². The summed E-state index contributed by atoms with van der Waals surface area (Å²) in [5, 5.41) is 2.70. The van der Waals surface area contributed by atoms with Gasteiger partial charge in [0, 0.05) is 19.5 Å². The van der Waals surface area contributed by atoms with Crippen LogP contribution in [0.15, 0.2) is 0 Å². The van der Waals surface area contributed by atoms with E-state index >= 15 is 0 Å². The zero-order chi connectivity index (χ0) is 14.3. The van der Waals surface area contributed by atoms with Crippen LogP contribution in [-0.2, 0) is 9.53 Å². The molecule has 0 aliphatic carbocycles. The third-order valence-electron chi connectivity index (χ3n) is 3.16. The molecule has 0 radical (unpaired) electrons. The average Bonchev–Trinajstić information content (AvgIpc) is 2.73. The van der Waals surface area contributed by atoms with Gasteiger partial charge in [0.2, 0.25) is 0 Å². The van der Waals surface area contributed by atoms with E-state index in [9.17, 15) is 9.59 Å². The summed E-state index contributed by atoms with van der Waals surface area (Å²) in [5.74, 6) is 0.480. The normalized spacial score (nSPS) is 16.6. The van der Waals surface area contributed by atoms with Gasteiger partial charge in [-0.1, -0.05) is 13.8 Å². The fourth-order valence-corrected chi connectivity index (χ4v) is 2.22. The maximum atomic E-state index is 11.7. The Morgan fingerprint density at radius 3 is 2.79 bits per heavy atom. The molecule has 0 aromatic carbocycles. The maximum absolute atomic E-state index is 11.7. The minimum atomic E-state index is -0.226. The van der Waals surface area contributed by atoms with Gasteiger partial charge in [-0.2, -0.15) is 0 Å². The van der Waals surface area contributed by atoms with Crippen LogP contribution in [0.2, 0.25) is 0 Å². The molecule has 19 heavy (non-hydrogen) atoms. The summed E-state index contributed by atoms with van der Waals surface area (Å²) >= 11 is 0. The van der Waals surface area contributed by atoms with E-state index in [1.807, 2.05) is 0 Å². The molecule has 0 bridgehead atoms. The van der Waals surface area contributed by atoms with Gasteiger partial charge in [0.05, 0.1) is 6.54 Å². The van der Waals surface area contributed by atoms with E-state index in [0.717, 1.165) is 6.42 Å². The third-order valence-corrected chi connectivity index (χ3v) is 3.16. The van der Waals surface area contributed by atoms with E-state index in [0.29, 0.717) is 38.5 Å². The van der Waals surface area contributed by atoms with Crippen LogP contribution in [0.3, 0.4) is 0 Å². The molecule has 1 aliphatic rings. The fourth-order valence-electron chi connectivity index (χ4n) is 2.22. The molecule has 3 N–H and O–H groups in total. The quantitative estimate of drug-likeness (QED) is 0.632. The summed E-state index contributed by atoms with van der Waals surface area (Å²) in [6, 6.07) is -0.0873. The molecule has 1 aliphatic heterocycles. The average molecular weight is 271 g/mol. The second kappa shape index (κ2) is 7.99. The van der Waals surface area contributed by atoms with E-state index in [-0.39, 0.29) is 24.5 Å². The molecule has 0 saturated carbocycles. The Morgan fingerprint density at radius 1 is 1.53 bits per heavy atom. The Morgan fingerprint density at radius 2 is 2.26 bits per heavy atom. The monoisotopic (exact) mass is 271 g/mol. The highest BCUT2D eigenvalue weighted by atomic mass is 16.5.